The molecule has 1 saturated heterocycles. The van der Waals surface area contributed by atoms with E-state index in [0.29, 0.717) is 0 Å². The first-order chi connectivity index (χ1) is 7.13. The lowest BCUT2D eigenvalue weighted by molar-refractivity contribution is -0.140. The molecule has 6 heteroatoms. The van der Waals surface area contributed by atoms with E-state index in [1.807, 2.05) is 0 Å². The molecule has 0 saturated carbocycles. The van der Waals surface area contributed by atoms with E-state index in [1.54, 1.807) is 0 Å². The van der Waals surface area contributed by atoms with Gasteiger partial charge in [0.15, 0.2) is 0 Å². The SMILES string of the molecule is COC(=O)CCNC(=O)[C@H]1C[C@H](F)CN1. The van der Waals surface area contributed by atoms with Gasteiger partial charge in [-0.1, -0.05) is 0 Å². The van der Waals surface area contributed by atoms with Crippen LogP contribution in [0.3, 0.4) is 0 Å². The van der Waals surface area contributed by atoms with Gasteiger partial charge < -0.3 is 15.4 Å². The number of esters is 1. The molecule has 0 aromatic heterocycles. The fourth-order valence-corrected chi connectivity index (χ4v) is 1.41. The number of hydrogen-bond donors (Lipinski definition) is 2. The second kappa shape index (κ2) is 5.65. The van der Waals surface area contributed by atoms with Crippen LogP contribution in [0.25, 0.3) is 0 Å². The highest BCUT2D eigenvalue weighted by Gasteiger charge is 2.28. The normalized spacial score (nSPS) is 24.9. The molecule has 1 fully saturated rings. The Labute approximate surface area is 87.4 Å². The van der Waals surface area contributed by atoms with Crippen LogP contribution in [0.1, 0.15) is 12.8 Å². The molecule has 1 heterocycles. The maximum Gasteiger partial charge on any atom is 0.307 e. The van der Waals surface area contributed by atoms with E-state index in [1.165, 1.54) is 7.11 Å². The molecule has 2 N–H and O–H groups in total. The highest BCUT2D eigenvalue weighted by molar-refractivity contribution is 5.82. The number of halogens is 1. The Hall–Kier alpha value is -1.17. The first-order valence-electron chi connectivity index (χ1n) is 4.85. The lowest BCUT2D eigenvalue weighted by atomic mass is 10.2. The molecule has 0 spiro atoms. The van der Waals surface area contributed by atoms with Crippen LogP contribution < -0.4 is 10.6 Å². The van der Waals surface area contributed by atoms with E-state index < -0.39 is 12.2 Å². The van der Waals surface area contributed by atoms with Gasteiger partial charge in [-0.05, 0) is 0 Å². The van der Waals surface area contributed by atoms with Crippen LogP contribution in [0.5, 0.6) is 0 Å². The Morgan fingerprint density at radius 1 is 1.60 bits per heavy atom. The quantitative estimate of drug-likeness (QED) is 0.616. The zero-order valence-corrected chi connectivity index (χ0v) is 8.59. The highest BCUT2D eigenvalue weighted by Crippen LogP contribution is 2.09. The van der Waals surface area contributed by atoms with Crippen molar-refractivity contribution in [2.75, 3.05) is 20.2 Å². The third-order valence-corrected chi connectivity index (χ3v) is 2.25. The minimum atomic E-state index is -0.957. The molecule has 0 radical (unpaired) electrons. The standard InChI is InChI=1S/C9H15FN2O3/c1-15-8(13)2-3-11-9(14)7-4-6(10)5-12-7/h6-7,12H,2-5H2,1H3,(H,11,14)/t6-,7+/m0/s1. The maximum atomic E-state index is 12.7. The van der Waals surface area contributed by atoms with Gasteiger partial charge in [-0.25, -0.2) is 4.39 Å². The molecule has 0 aliphatic carbocycles. The van der Waals surface area contributed by atoms with Crippen LogP contribution in [0, 0.1) is 0 Å². The minimum Gasteiger partial charge on any atom is -0.469 e. The van der Waals surface area contributed by atoms with Crippen LogP contribution in [0.4, 0.5) is 4.39 Å². The number of carbonyl (C=O) groups is 2. The summed E-state index contributed by atoms with van der Waals surface area (Å²) >= 11 is 0. The molecule has 5 nitrogen and oxygen atoms in total. The third kappa shape index (κ3) is 3.83. The molecule has 2 atom stereocenters. The molecule has 15 heavy (non-hydrogen) atoms. The van der Waals surface area contributed by atoms with Crippen molar-refractivity contribution in [3.8, 4) is 0 Å². The molecule has 1 rings (SSSR count). The molecule has 1 aliphatic heterocycles. The summed E-state index contributed by atoms with van der Waals surface area (Å²) in [5.74, 6) is -0.642. The Kier molecular flexibility index (Phi) is 4.48. The second-order valence-corrected chi connectivity index (χ2v) is 3.41. The Morgan fingerprint density at radius 3 is 2.87 bits per heavy atom. The first kappa shape index (κ1) is 11.9. The van der Waals surface area contributed by atoms with Gasteiger partial charge in [-0.3, -0.25) is 9.59 Å². The van der Waals surface area contributed by atoms with E-state index in [2.05, 4.69) is 15.4 Å². The van der Waals surface area contributed by atoms with Crippen molar-refractivity contribution >= 4 is 11.9 Å². The number of methoxy groups -OCH3 is 1. The average molecular weight is 218 g/mol. The van der Waals surface area contributed by atoms with Crippen molar-refractivity contribution in [2.24, 2.45) is 0 Å². The van der Waals surface area contributed by atoms with Crippen molar-refractivity contribution in [1.29, 1.82) is 0 Å². The summed E-state index contributed by atoms with van der Waals surface area (Å²) < 4.78 is 17.1. The van der Waals surface area contributed by atoms with E-state index >= 15 is 0 Å². The summed E-state index contributed by atoms with van der Waals surface area (Å²) in [5, 5.41) is 5.30. The van der Waals surface area contributed by atoms with Crippen molar-refractivity contribution in [1.82, 2.24) is 10.6 Å². The van der Waals surface area contributed by atoms with Crippen molar-refractivity contribution < 1.29 is 18.7 Å². The zero-order chi connectivity index (χ0) is 11.3. The van der Waals surface area contributed by atoms with Crippen LogP contribution in [-0.2, 0) is 14.3 Å². The van der Waals surface area contributed by atoms with Crippen molar-refractivity contribution in [3.05, 3.63) is 0 Å². The van der Waals surface area contributed by atoms with Gasteiger partial charge in [0.1, 0.15) is 6.17 Å². The smallest absolute Gasteiger partial charge is 0.307 e. The fraction of sp³-hybridized carbons (Fsp3) is 0.778. The molecule has 0 aromatic rings. The third-order valence-electron chi connectivity index (χ3n) is 2.25. The molecule has 0 unspecified atom stereocenters. The van der Waals surface area contributed by atoms with Crippen molar-refractivity contribution in [2.45, 2.75) is 25.1 Å². The molecular formula is C9H15FN2O3. The summed E-state index contributed by atoms with van der Waals surface area (Å²) in [6.07, 6.45) is -0.626. The monoisotopic (exact) mass is 218 g/mol. The topological polar surface area (TPSA) is 67.4 Å². The van der Waals surface area contributed by atoms with Gasteiger partial charge >= 0.3 is 5.97 Å². The van der Waals surface area contributed by atoms with Crippen LogP contribution in [0.2, 0.25) is 0 Å². The number of alkyl halides is 1. The summed E-state index contributed by atoms with van der Waals surface area (Å²) in [4.78, 5) is 22.1. The number of ether oxygens (including phenoxy) is 1. The number of hydrogen-bond acceptors (Lipinski definition) is 4. The lowest BCUT2D eigenvalue weighted by Crippen LogP contribution is -2.41. The molecule has 0 aromatic carbocycles. The van der Waals surface area contributed by atoms with Crippen molar-refractivity contribution in [3.63, 3.8) is 0 Å². The van der Waals surface area contributed by atoms with Gasteiger partial charge in [0.2, 0.25) is 5.91 Å². The zero-order valence-electron chi connectivity index (χ0n) is 8.59. The predicted molar refractivity (Wildman–Crippen MR) is 50.9 cm³/mol. The maximum absolute atomic E-state index is 12.7. The van der Waals surface area contributed by atoms with Gasteiger partial charge in [0.25, 0.3) is 0 Å². The van der Waals surface area contributed by atoms with Gasteiger partial charge in [-0.2, -0.15) is 0 Å². The Morgan fingerprint density at radius 2 is 2.33 bits per heavy atom. The molecule has 86 valence electrons. The van der Waals surface area contributed by atoms with Gasteiger partial charge in [-0.15, -0.1) is 0 Å². The summed E-state index contributed by atoms with van der Waals surface area (Å²) in [6.45, 7) is 0.440. The lowest BCUT2D eigenvalue weighted by Gasteiger charge is -2.09. The number of rotatable bonds is 4. The summed E-state index contributed by atoms with van der Waals surface area (Å²) in [5.41, 5.74) is 0. The van der Waals surface area contributed by atoms with E-state index in [9.17, 15) is 14.0 Å². The summed E-state index contributed by atoms with van der Waals surface area (Å²) in [7, 11) is 1.29. The van der Waals surface area contributed by atoms with Crippen LogP contribution in [0.15, 0.2) is 0 Å². The summed E-state index contributed by atoms with van der Waals surface area (Å²) in [6, 6.07) is -0.474. The predicted octanol–water partition coefficient (Wildman–Crippen LogP) is -0.634. The van der Waals surface area contributed by atoms with E-state index in [0.717, 1.165) is 0 Å². The first-order valence-corrected chi connectivity index (χ1v) is 4.85. The molecule has 1 aliphatic rings. The fourth-order valence-electron chi connectivity index (χ4n) is 1.41. The van der Waals surface area contributed by atoms with Gasteiger partial charge in [0, 0.05) is 19.5 Å². The number of amides is 1. The molecule has 1 amide bonds. The van der Waals surface area contributed by atoms with Crippen LogP contribution in [-0.4, -0.2) is 44.3 Å². The number of nitrogens with one attached hydrogen (secondary N) is 2. The average Bonchev–Trinajstić information content (AvgIpc) is 2.64. The second-order valence-electron chi connectivity index (χ2n) is 3.41. The van der Waals surface area contributed by atoms with Gasteiger partial charge in [0.05, 0.1) is 19.6 Å². The minimum absolute atomic E-state index is 0.133. The van der Waals surface area contributed by atoms with Crippen LogP contribution >= 0.6 is 0 Å². The van der Waals surface area contributed by atoms with E-state index in [-0.39, 0.29) is 37.8 Å². The highest BCUT2D eigenvalue weighted by atomic mass is 19.1. The van der Waals surface area contributed by atoms with E-state index in [4.69, 9.17) is 0 Å². The Balaban J connectivity index is 2.16. The number of carbonyl (C=O) groups excluding carboxylic acids is 2. The largest absolute Gasteiger partial charge is 0.469 e. The Bertz CT molecular complexity index is 248. The molecule has 0 bridgehead atoms. The molecular weight excluding hydrogens is 203 g/mol.